The van der Waals surface area contributed by atoms with E-state index in [1.165, 1.54) is 4.68 Å². The number of furan rings is 1. The van der Waals surface area contributed by atoms with Gasteiger partial charge in [-0.3, -0.25) is 14.2 Å². The summed E-state index contributed by atoms with van der Waals surface area (Å²) in [5.41, 5.74) is 2.19. The van der Waals surface area contributed by atoms with Crippen LogP contribution in [0, 0.1) is 13.8 Å². The van der Waals surface area contributed by atoms with Gasteiger partial charge in [0.2, 0.25) is 0 Å². The van der Waals surface area contributed by atoms with E-state index in [-0.39, 0.29) is 17.6 Å². The molecular formula is C15H18N6O2. The van der Waals surface area contributed by atoms with Crippen LogP contribution in [0.3, 0.4) is 0 Å². The predicted molar refractivity (Wildman–Crippen MR) is 81.9 cm³/mol. The summed E-state index contributed by atoms with van der Waals surface area (Å²) in [6, 6.07) is 5.45. The molecule has 0 aliphatic heterocycles. The number of amides is 1. The van der Waals surface area contributed by atoms with Crippen LogP contribution in [0.4, 0.5) is 0 Å². The molecule has 120 valence electrons. The highest BCUT2D eigenvalue weighted by Gasteiger charge is 2.21. The molecule has 0 fully saturated rings. The molecule has 3 rings (SSSR count). The molecule has 23 heavy (non-hydrogen) atoms. The first-order valence-corrected chi connectivity index (χ1v) is 7.25. The zero-order valence-electron chi connectivity index (χ0n) is 13.2. The summed E-state index contributed by atoms with van der Waals surface area (Å²) in [5.74, 6) is 0.451. The van der Waals surface area contributed by atoms with Gasteiger partial charge in [0.1, 0.15) is 11.8 Å². The van der Waals surface area contributed by atoms with Crippen molar-refractivity contribution in [2.75, 3.05) is 6.54 Å². The van der Waals surface area contributed by atoms with E-state index in [2.05, 4.69) is 20.7 Å². The largest absolute Gasteiger partial charge is 0.467 e. The smallest absolute Gasteiger partial charge is 0.273 e. The molecule has 3 aromatic heterocycles. The second kappa shape index (κ2) is 6.07. The molecule has 0 aromatic carbocycles. The monoisotopic (exact) mass is 314 g/mol. The molecule has 0 bridgehead atoms. The second-order valence-corrected chi connectivity index (χ2v) is 5.39. The van der Waals surface area contributed by atoms with Crippen LogP contribution in [0.5, 0.6) is 0 Å². The van der Waals surface area contributed by atoms with E-state index in [0.29, 0.717) is 6.54 Å². The highest BCUT2D eigenvalue weighted by atomic mass is 16.3. The van der Waals surface area contributed by atoms with Crippen molar-refractivity contribution in [2.45, 2.75) is 19.9 Å². The van der Waals surface area contributed by atoms with Gasteiger partial charge >= 0.3 is 0 Å². The minimum atomic E-state index is -0.281. The number of rotatable bonds is 5. The van der Waals surface area contributed by atoms with E-state index >= 15 is 0 Å². The van der Waals surface area contributed by atoms with Gasteiger partial charge in [-0.15, -0.1) is 5.10 Å². The number of nitrogens with one attached hydrogen (secondary N) is 1. The first-order chi connectivity index (χ1) is 11.0. The van der Waals surface area contributed by atoms with Gasteiger partial charge in [-0.1, -0.05) is 5.21 Å². The lowest BCUT2D eigenvalue weighted by Crippen LogP contribution is -2.32. The Balaban J connectivity index is 1.80. The molecule has 0 spiro atoms. The fraction of sp³-hybridized carbons (Fsp3) is 0.333. The average molecular weight is 314 g/mol. The fourth-order valence-electron chi connectivity index (χ4n) is 2.48. The third-order valence-corrected chi connectivity index (χ3v) is 3.50. The van der Waals surface area contributed by atoms with Gasteiger partial charge in [0.25, 0.3) is 5.91 Å². The van der Waals surface area contributed by atoms with Gasteiger partial charge in [-0.2, -0.15) is 5.10 Å². The zero-order valence-corrected chi connectivity index (χ0v) is 13.2. The quantitative estimate of drug-likeness (QED) is 0.765. The lowest BCUT2D eigenvalue weighted by molar-refractivity contribution is 0.0943. The molecule has 0 radical (unpaired) electrons. The normalized spacial score (nSPS) is 12.3. The highest BCUT2D eigenvalue weighted by Crippen LogP contribution is 2.20. The molecule has 1 unspecified atom stereocenters. The van der Waals surface area contributed by atoms with Crippen molar-refractivity contribution in [3.8, 4) is 0 Å². The molecular weight excluding hydrogens is 296 g/mol. The molecule has 0 saturated heterocycles. The lowest BCUT2D eigenvalue weighted by atomic mass is 10.2. The third-order valence-electron chi connectivity index (χ3n) is 3.50. The van der Waals surface area contributed by atoms with Crippen molar-refractivity contribution in [1.29, 1.82) is 0 Å². The Hall–Kier alpha value is -2.90. The van der Waals surface area contributed by atoms with Crippen LogP contribution >= 0.6 is 0 Å². The molecule has 3 heterocycles. The van der Waals surface area contributed by atoms with Crippen LogP contribution in [-0.2, 0) is 7.05 Å². The van der Waals surface area contributed by atoms with Crippen LogP contribution < -0.4 is 5.32 Å². The third kappa shape index (κ3) is 3.15. The van der Waals surface area contributed by atoms with E-state index in [0.717, 1.165) is 17.1 Å². The number of aromatic nitrogens is 5. The van der Waals surface area contributed by atoms with Gasteiger partial charge in [0, 0.05) is 19.3 Å². The maximum atomic E-state index is 12.2. The standard InChI is InChI=1S/C15H18N6O2/c1-10-7-11(2)21(18-10)13(14-5-4-6-23-14)8-16-15(22)12-9-20(3)19-17-12/h4-7,9,13H,8H2,1-3H3,(H,16,22). The van der Waals surface area contributed by atoms with Crippen LogP contribution in [-0.4, -0.2) is 37.2 Å². The molecule has 1 amide bonds. The molecule has 3 aromatic rings. The molecule has 0 aliphatic carbocycles. The summed E-state index contributed by atoms with van der Waals surface area (Å²) in [6.07, 6.45) is 3.18. The number of aryl methyl sites for hydroxylation is 3. The van der Waals surface area contributed by atoms with Crippen molar-refractivity contribution in [2.24, 2.45) is 7.05 Å². The number of hydrogen-bond donors (Lipinski definition) is 1. The number of carbonyl (C=O) groups is 1. The summed E-state index contributed by atoms with van der Waals surface area (Å²) in [6.45, 7) is 4.24. The summed E-state index contributed by atoms with van der Waals surface area (Å²) in [7, 11) is 1.71. The molecule has 8 heteroatoms. The van der Waals surface area contributed by atoms with Crippen molar-refractivity contribution in [1.82, 2.24) is 30.1 Å². The lowest BCUT2D eigenvalue weighted by Gasteiger charge is -2.17. The highest BCUT2D eigenvalue weighted by molar-refractivity contribution is 5.91. The molecule has 1 N–H and O–H groups in total. The van der Waals surface area contributed by atoms with Crippen LogP contribution in [0.2, 0.25) is 0 Å². The van der Waals surface area contributed by atoms with Crippen LogP contribution in [0.1, 0.15) is 33.7 Å². The summed E-state index contributed by atoms with van der Waals surface area (Å²) < 4.78 is 8.85. The van der Waals surface area contributed by atoms with Gasteiger partial charge in [0.05, 0.1) is 18.2 Å². The molecule has 0 aliphatic rings. The fourth-order valence-corrected chi connectivity index (χ4v) is 2.48. The van der Waals surface area contributed by atoms with Gasteiger partial charge in [0.15, 0.2) is 5.69 Å². The Morgan fingerprint density at radius 2 is 2.26 bits per heavy atom. The number of carbonyl (C=O) groups excluding carboxylic acids is 1. The van der Waals surface area contributed by atoms with Crippen molar-refractivity contribution >= 4 is 5.91 Å². The molecule has 0 saturated carbocycles. The maximum absolute atomic E-state index is 12.2. The number of nitrogens with zero attached hydrogens (tertiary/aromatic N) is 5. The van der Waals surface area contributed by atoms with Crippen molar-refractivity contribution in [3.63, 3.8) is 0 Å². The van der Waals surface area contributed by atoms with E-state index in [1.54, 1.807) is 19.5 Å². The Morgan fingerprint density at radius 1 is 1.43 bits per heavy atom. The van der Waals surface area contributed by atoms with Crippen molar-refractivity contribution in [3.05, 3.63) is 53.5 Å². The second-order valence-electron chi connectivity index (χ2n) is 5.39. The van der Waals surface area contributed by atoms with Gasteiger partial charge in [-0.05, 0) is 32.0 Å². The topological polar surface area (TPSA) is 90.8 Å². The Morgan fingerprint density at radius 3 is 2.83 bits per heavy atom. The first-order valence-electron chi connectivity index (χ1n) is 7.25. The average Bonchev–Trinajstić information content (AvgIpc) is 3.22. The molecule has 1 atom stereocenters. The zero-order chi connectivity index (χ0) is 16.4. The van der Waals surface area contributed by atoms with Gasteiger partial charge < -0.3 is 9.73 Å². The van der Waals surface area contributed by atoms with E-state index in [1.807, 2.05) is 36.7 Å². The summed E-state index contributed by atoms with van der Waals surface area (Å²) >= 11 is 0. The predicted octanol–water partition coefficient (Wildman–Crippen LogP) is 1.24. The Kier molecular flexibility index (Phi) is 3.96. The summed E-state index contributed by atoms with van der Waals surface area (Å²) in [4.78, 5) is 12.2. The SMILES string of the molecule is Cc1cc(C)n(C(CNC(=O)c2cn(C)nn2)c2ccco2)n1. The Bertz CT molecular complexity index is 802. The molecule has 8 nitrogen and oxygen atoms in total. The van der Waals surface area contributed by atoms with Crippen molar-refractivity contribution < 1.29 is 9.21 Å². The minimum absolute atomic E-state index is 0.223. The summed E-state index contributed by atoms with van der Waals surface area (Å²) in [5, 5.41) is 14.9. The first kappa shape index (κ1) is 15.0. The maximum Gasteiger partial charge on any atom is 0.273 e. The van der Waals surface area contributed by atoms with Crippen LogP contribution in [0.25, 0.3) is 0 Å². The van der Waals surface area contributed by atoms with E-state index < -0.39 is 0 Å². The number of hydrogen-bond acceptors (Lipinski definition) is 5. The van der Waals surface area contributed by atoms with E-state index in [4.69, 9.17) is 4.42 Å². The van der Waals surface area contributed by atoms with E-state index in [9.17, 15) is 4.79 Å². The van der Waals surface area contributed by atoms with Crippen LogP contribution in [0.15, 0.2) is 35.1 Å². The van der Waals surface area contributed by atoms with Gasteiger partial charge in [-0.25, -0.2) is 0 Å². The Labute approximate surface area is 133 Å². The minimum Gasteiger partial charge on any atom is -0.467 e.